The van der Waals surface area contributed by atoms with E-state index >= 15 is 0 Å². The lowest BCUT2D eigenvalue weighted by atomic mass is 10.1. The highest BCUT2D eigenvalue weighted by molar-refractivity contribution is 5.85. The minimum atomic E-state index is -1.03. The fraction of sp³-hybridized carbons (Fsp3) is 0.0769. The largest absolute Gasteiger partial charge is 0.477 e. The highest BCUT2D eigenvalue weighted by Crippen LogP contribution is 2.35. The fourth-order valence-corrected chi connectivity index (χ4v) is 1.77. The molecule has 0 fully saturated rings. The molecular formula is C13H9NO4. The number of carboxylic acid groups (broad SMARTS) is 1. The maximum absolute atomic E-state index is 10.7. The van der Waals surface area contributed by atoms with Crippen molar-refractivity contribution in [1.82, 2.24) is 4.98 Å². The van der Waals surface area contributed by atoms with E-state index in [2.05, 4.69) is 4.98 Å². The van der Waals surface area contributed by atoms with Crippen molar-refractivity contribution in [2.45, 2.75) is 0 Å². The van der Waals surface area contributed by atoms with Crippen LogP contribution in [0.25, 0.3) is 11.1 Å². The summed E-state index contributed by atoms with van der Waals surface area (Å²) in [5, 5.41) is 8.77. The number of hydrogen-bond donors (Lipinski definition) is 1. The number of carboxylic acids is 1. The quantitative estimate of drug-likeness (QED) is 0.875. The number of hydrogen-bond acceptors (Lipinski definition) is 4. The number of rotatable bonds is 2. The zero-order valence-corrected chi connectivity index (χ0v) is 9.29. The Kier molecular flexibility index (Phi) is 2.37. The number of benzene rings is 1. The number of carbonyl (C=O) groups is 1. The van der Waals surface area contributed by atoms with Crippen molar-refractivity contribution in [2.75, 3.05) is 6.79 Å². The lowest BCUT2D eigenvalue weighted by molar-refractivity contribution is 0.0690. The van der Waals surface area contributed by atoms with Gasteiger partial charge in [-0.2, -0.15) is 0 Å². The van der Waals surface area contributed by atoms with Crippen LogP contribution in [-0.4, -0.2) is 22.9 Å². The molecule has 5 heteroatoms. The van der Waals surface area contributed by atoms with Crippen LogP contribution in [0.4, 0.5) is 0 Å². The summed E-state index contributed by atoms with van der Waals surface area (Å²) < 4.78 is 10.5. The average Bonchev–Trinajstić information content (AvgIpc) is 2.86. The molecular weight excluding hydrogens is 234 g/mol. The molecule has 1 aromatic heterocycles. The molecule has 0 saturated heterocycles. The van der Waals surface area contributed by atoms with Gasteiger partial charge in [-0.1, -0.05) is 12.1 Å². The molecule has 2 heterocycles. The molecule has 0 atom stereocenters. The van der Waals surface area contributed by atoms with Gasteiger partial charge < -0.3 is 14.6 Å². The molecule has 2 aromatic rings. The minimum absolute atomic E-state index is 0.0273. The number of pyridine rings is 1. The van der Waals surface area contributed by atoms with Crippen LogP contribution < -0.4 is 9.47 Å². The molecule has 1 aromatic carbocycles. The first-order chi connectivity index (χ1) is 8.74. The molecule has 0 aliphatic carbocycles. The Balaban J connectivity index is 1.97. The molecule has 1 N–H and O–H groups in total. The Morgan fingerprint density at radius 3 is 2.61 bits per heavy atom. The Hall–Kier alpha value is -2.56. The van der Waals surface area contributed by atoms with Gasteiger partial charge in [-0.25, -0.2) is 9.78 Å². The third kappa shape index (κ3) is 1.75. The number of ether oxygens (including phenoxy) is 2. The molecule has 0 unspecified atom stereocenters. The molecule has 0 saturated carbocycles. The zero-order valence-electron chi connectivity index (χ0n) is 9.29. The van der Waals surface area contributed by atoms with E-state index in [9.17, 15) is 4.79 Å². The van der Waals surface area contributed by atoms with Crippen LogP contribution in [0, 0.1) is 0 Å². The van der Waals surface area contributed by atoms with Crippen LogP contribution in [0.3, 0.4) is 0 Å². The molecule has 1 aliphatic heterocycles. The Labute approximate surface area is 103 Å². The van der Waals surface area contributed by atoms with Gasteiger partial charge >= 0.3 is 5.97 Å². The summed E-state index contributed by atoms with van der Waals surface area (Å²) in [7, 11) is 0. The van der Waals surface area contributed by atoms with E-state index in [0.717, 1.165) is 11.1 Å². The summed E-state index contributed by atoms with van der Waals surface area (Å²) in [6.07, 6.45) is 1.53. The van der Waals surface area contributed by atoms with Gasteiger partial charge in [0.1, 0.15) is 5.69 Å². The predicted octanol–water partition coefficient (Wildman–Crippen LogP) is 2.18. The van der Waals surface area contributed by atoms with Gasteiger partial charge in [0, 0.05) is 11.8 Å². The number of fused-ring (bicyclic) bond motifs is 1. The smallest absolute Gasteiger partial charge is 0.354 e. The van der Waals surface area contributed by atoms with Crippen molar-refractivity contribution in [2.24, 2.45) is 0 Å². The predicted molar refractivity (Wildman–Crippen MR) is 62.8 cm³/mol. The van der Waals surface area contributed by atoms with Gasteiger partial charge in [-0.05, 0) is 23.8 Å². The van der Waals surface area contributed by atoms with Crippen LogP contribution in [0.1, 0.15) is 10.5 Å². The molecule has 0 radical (unpaired) electrons. The normalized spacial score (nSPS) is 12.4. The summed E-state index contributed by atoms with van der Waals surface area (Å²) in [4.78, 5) is 14.6. The number of aromatic nitrogens is 1. The maximum atomic E-state index is 10.7. The molecule has 5 nitrogen and oxygen atoms in total. The van der Waals surface area contributed by atoms with E-state index in [0.29, 0.717) is 11.5 Å². The molecule has 3 rings (SSSR count). The highest BCUT2D eigenvalue weighted by Gasteiger charge is 2.14. The first kappa shape index (κ1) is 10.6. The summed E-state index contributed by atoms with van der Waals surface area (Å²) in [6.45, 7) is 0.231. The van der Waals surface area contributed by atoms with E-state index in [4.69, 9.17) is 14.6 Å². The van der Waals surface area contributed by atoms with Gasteiger partial charge in [0.15, 0.2) is 11.5 Å². The van der Waals surface area contributed by atoms with E-state index in [1.54, 1.807) is 6.07 Å². The van der Waals surface area contributed by atoms with Crippen molar-refractivity contribution < 1.29 is 19.4 Å². The molecule has 18 heavy (non-hydrogen) atoms. The van der Waals surface area contributed by atoms with Crippen molar-refractivity contribution >= 4 is 5.97 Å². The summed E-state index contributed by atoms with van der Waals surface area (Å²) in [5.41, 5.74) is 1.77. The molecule has 0 bridgehead atoms. The van der Waals surface area contributed by atoms with Crippen LogP contribution in [0.2, 0.25) is 0 Å². The van der Waals surface area contributed by atoms with Gasteiger partial charge in [-0.3, -0.25) is 0 Å². The topological polar surface area (TPSA) is 68.7 Å². The lowest BCUT2D eigenvalue weighted by Crippen LogP contribution is -1.99. The molecule has 1 aliphatic rings. The number of nitrogens with zero attached hydrogens (tertiary/aromatic N) is 1. The first-order valence-electron chi connectivity index (χ1n) is 5.33. The van der Waals surface area contributed by atoms with Crippen LogP contribution >= 0.6 is 0 Å². The standard InChI is InChI=1S/C13H9NO4/c15-13(16)10-3-1-9(6-14-10)8-2-4-11-12(5-8)18-7-17-11/h1-6H,7H2,(H,15,16). The van der Waals surface area contributed by atoms with Crippen LogP contribution in [0.5, 0.6) is 11.5 Å². The molecule has 0 amide bonds. The molecule has 90 valence electrons. The summed E-state index contributed by atoms with van der Waals surface area (Å²) in [5.74, 6) is 0.371. The summed E-state index contributed by atoms with van der Waals surface area (Å²) >= 11 is 0. The Morgan fingerprint density at radius 2 is 1.89 bits per heavy atom. The van der Waals surface area contributed by atoms with Crippen molar-refractivity contribution in [1.29, 1.82) is 0 Å². The van der Waals surface area contributed by atoms with E-state index in [1.807, 2.05) is 18.2 Å². The van der Waals surface area contributed by atoms with Crippen LogP contribution in [-0.2, 0) is 0 Å². The van der Waals surface area contributed by atoms with E-state index in [1.165, 1.54) is 12.3 Å². The molecule has 0 spiro atoms. The van der Waals surface area contributed by atoms with Gasteiger partial charge in [0.05, 0.1) is 0 Å². The maximum Gasteiger partial charge on any atom is 0.354 e. The zero-order chi connectivity index (χ0) is 12.5. The first-order valence-corrected chi connectivity index (χ1v) is 5.33. The van der Waals surface area contributed by atoms with E-state index in [-0.39, 0.29) is 12.5 Å². The second kappa shape index (κ2) is 4.03. The monoisotopic (exact) mass is 243 g/mol. The van der Waals surface area contributed by atoms with Crippen molar-refractivity contribution in [3.05, 3.63) is 42.2 Å². The Bertz CT molecular complexity index is 607. The second-order valence-electron chi connectivity index (χ2n) is 3.81. The van der Waals surface area contributed by atoms with Crippen molar-refractivity contribution in [3.63, 3.8) is 0 Å². The summed E-state index contributed by atoms with van der Waals surface area (Å²) in [6, 6.07) is 8.74. The third-order valence-corrected chi connectivity index (χ3v) is 2.69. The van der Waals surface area contributed by atoms with E-state index < -0.39 is 5.97 Å². The van der Waals surface area contributed by atoms with Crippen LogP contribution in [0.15, 0.2) is 36.5 Å². The fourth-order valence-electron chi connectivity index (χ4n) is 1.77. The lowest BCUT2D eigenvalue weighted by Gasteiger charge is -2.03. The van der Waals surface area contributed by atoms with Gasteiger partial charge in [0.25, 0.3) is 0 Å². The second-order valence-corrected chi connectivity index (χ2v) is 3.81. The minimum Gasteiger partial charge on any atom is -0.477 e. The Morgan fingerprint density at radius 1 is 1.11 bits per heavy atom. The average molecular weight is 243 g/mol. The highest BCUT2D eigenvalue weighted by atomic mass is 16.7. The number of aromatic carboxylic acids is 1. The SMILES string of the molecule is O=C(O)c1ccc(-c2ccc3c(c2)OCO3)cn1. The van der Waals surface area contributed by atoms with Gasteiger partial charge in [0.2, 0.25) is 6.79 Å². The van der Waals surface area contributed by atoms with Gasteiger partial charge in [-0.15, -0.1) is 0 Å². The third-order valence-electron chi connectivity index (χ3n) is 2.69. The van der Waals surface area contributed by atoms with Crippen molar-refractivity contribution in [3.8, 4) is 22.6 Å².